The largest absolute Gasteiger partial charge is 0.296 e. The fourth-order valence-electron chi connectivity index (χ4n) is 2.91. The first kappa shape index (κ1) is 14.4. The quantitative estimate of drug-likeness (QED) is 0.740. The molecule has 100 valence electrons. The van der Waals surface area contributed by atoms with Crippen LogP contribution in [0.2, 0.25) is 5.02 Å². The highest BCUT2D eigenvalue weighted by Gasteiger charge is 2.28. The van der Waals surface area contributed by atoms with Gasteiger partial charge in [0.1, 0.15) is 0 Å². The number of nitrogens with zero attached hydrogens (tertiary/aromatic N) is 1. The van der Waals surface area contributed by atoms with Gasteiger partial charge in [-0.15, -0.1) is 0 Å². The summed E-state index contributed by atoms with van der Waals surface area (Å²) in [6.45, 7) is 9.18. The Morgan fingerprint density at radius 3 is 2.72 bits per heavy atom. The van der Waals surface area contributed by atoms with Crippen molar-refractivity contribution in [1.82, 2.24) is 4.90 Å². The second kappa shape index (κ2) is 5.94. The molecule has 0 radical (unpaired) electrons. The van der Waals surface area contributed by atoms with E-state index in [2.05, 4.69) is 53.7 Å². The molecular formula is C15H21BrClN. The zero-order valence-electron chi connectivity index (χ0n) is 11.3. The van der Waals surface area contributed by atoms with E-state index in [1.807, 2.05) is 6.07 Å². The molecule has 0 bridgehead atoms. The lowest BCUT2D eigenvalue weighted by atomic mass is 9.86. The molecule has 1 fully saturated rings. The van der Waals surface area contributed by atoms with Gasteiger partial charge in [-0.25, -0.2) is 0 Å². The van der Waals surface area contributed by atoms with Crippen LogP contribution in [0.4, 0.5) is 0 Å². The molecule has 1 heterocycles. The molecule has 1 aromatic carbocycles. The number of hydrogen-bond donors (Lipinski definition) is 0. The van der Waals surface area contributed by atoms with E-state index >= 15 is 0 Å². The zero-order valence-corrected chi connectivity index (χ0v) is 13.6. The monoisotopic (exact) mass is 329 g/mol. The Morgan fingerprint density at radius 2 is 2.06 bits per heavy atom. The van der Waals surface area contributed by atoms with E-state index in [0.29, 0.717) is 6.04 Å². The third kappa shape index (κ3) is 3.28. The smallest absolute Gasteiger partial charge is 0.0462 e. The first-order valence-corrected chi connectivity index (χ1v) is 7.82. The average molecular weight is 331 g/mol. The number of halogens is 2. The van der Waals surface area contributed by atoms with Crippen LogP contribution >= 0.6 is 27.5 Å². The highest BCUT2D eigenvalue weighted by molar-refractivity contribution is 9.10. The molecule has 18 heavy (non-hydrogen) atoms. The van der Waals surface area contributed by atoms with Gasteiger partial charge in [-0.1, -0.05) is 47.4 Å². The Bertz CT molecular complexity index is 421. The fourth-order valence-corrected chi connectivity index (χ4v) is 3.64. The van der Waals surface area contributed by atoms with E-state index < -0.39 is 0 Å². The van der Waals surface area contributed by atoms with Gasteiger partial charge in [0.25, 0.3) is 0 Å². The van der Waals surface area contributed by atoms with Crippen molar-refractivity contribution < 1.29 is 0 Å². The van der Waals surface area contributed by atoms with E-state index in [9.17, 15) is 0 Å². The third-order valence-corrected chi connectivity index (χ3v) is 4.95. The first-order chi connectivity index (χ1) is 8.47. The van der Waals surface area contributed by atoms with Crippen molar-refractivity contribution in [3.05, 3.63) is 33.3 Å². The predicted octanol–water partition coefficient (Wildman–Crippen LogP) is 4.97. The molecular weight excluding hydrogens is 310 g/mol. The molecule has 3 atom stereocenters. The molecule has 3 heteroatoms. The number of rotatable bonds is 2. The van der Waals surface area contributed by atoms with Crippen LogP contribution in [-0.4, -0.2) is 17.5 Å². The summed E-state index contributed by atoms with van der Waals surface area (Å²) in [4.78, 5) is 2.56. The first-order valence-electron chi connectivity index (χ1n) is 6.65. The minimum atomic E-state index is 0.640. The van der Waals surface area contributed by atoms with Crippen LogP contribution < -0.4 is 0 Å². The Balaban J connectivity index is 2.12. The number of hydrogen-bond acceptors (Lipinski definition) is 1. The molecule has 0 saturated carbocycles. The Hall–Kier alpha value is -0.0500. The Kier molecular flexibility index (Phi) is 4.74. The van der Waals surface area contributed by atoms with Gasteiger partial charge in [0.15, 0.2) is 0 Å². The van der Waals surface area contributed by atoms with Crippen LogP contribution in [0.15, 0.2) is 22.7 Å². The van der Waals surface area contributed by atoms with Gasteiger partial charge in [0.2, 0.25) is 0 Å². The summed E-state index contributed by atoms with van der Waals surface area (Å²) in [5.41, 5.74) is 1.23. The van der Waals surface area contributed by atoms with Gasteiger partial charge in [0, 0.05) is 28.6 Å². The van der Waals surface area contributed by atoms with Crippen molar-refractivity contribution in [3.63, 3.8) is 0 Å². The second-order valence-corrected chi connectivity index (χ2v) is 7.05. The van der Waals surface area contributed by atoms with Crippen molar-refractivity contribution in [3.8, 4) is 0 Å². The summed E-state index contributed by atoms with van der Waals surface area (Å²) in [6, 6.07) is 6.82. The number of benzene rings is 1. The van der Waals surface area contributed by atoms with Crippen LogP contribution in [0.25, 0.3) is 0 Å². The topological polar surface area (TPSA) is 3.24 Å². The van der Waals surface area contributed by atoms with Crippen molar-refractivity contribution in [1.29, 1.82) is 0 Å². The molecule has 1 aliphatic rings. The summed E-state index contributed by atoms with van der Waals surface area (Å²) in [5.74, 6) is 1.55. The molecule has 1 saturated heterocycles. The summed E-state index contributed by atoms with van der Waals surface area (Å²) >= 11 is 9.77. The zero-order chi connectivity index (χ0) is 13.3. The minimum Gasteiger partial charge on any atom is -0.296 e. The van der Waals surface area contributed by atoms with Crippen LogP contribution in [0, 0.1) is 11.8 Å². The van der Waals surface area contributed by atoms with E-state index in [0.717, 1.165) is 27.9 Å². The summed E-state index contributed by atoms with van der Waals surface area (Å²) in [7, 11) is 0. The van der Waals surface area contributed by atoms with E-state index in [1.165, 1.54) is 18.5 Å². The van der Waals surface area contributed by atoms with Crippen LogP contribution in [0.5, 0.6) is 0 Å². The highest BCUT2D eigenvalue weighted by atomic mass is 79.9. The molecule has 0 spiro atoms. The Labute approximate surface area is 124 Å². The molecule has 1 aliphatic heterocycles. The SMILES string of the molecule is CC1CC(C)C(C)N(Cc2ccc(Br)cc2Cl)C1. The maximum atomic E-state index is 6.31. The normalized spacial score (nSPS) is 29.5. The van der Waals surface area contributed by atoms with Gasteiger partial charge in [-0.3, -0.25) is 4.90 Å². The maximum Gasteiger partial charge on any atom is 0.0462 e. The van der Waals surface area contributed by atoms with Crippen LogP contribution in [0.3, 0.4) is 0 Å². The van der Waals surface area contributed by atoms with Gasteiger partial charge >= 0.3 is 0 Å². The summed E-state index contributed by atoms with van der Waals surface area (Å²) in [6.07, 6.45) is 1.34. The molecule has 1 aromatic rings. The van der Waals surface area contributed by atoms with Crippen molar-refractivity contribution in [2.75, 3.05) is 6.54 Å². The summed E-state index contributed by atoms with van der Waals surface area (Å²) < 4.78 is 1.05. The fraction of sp³-hybridized carbons (Fsp3) is 0.600. The molecule has 0 aliphatic carbocycles. The highest BCUT2D eigenvalue weighted by Crippen LogP contribution is 2.30. The molecule has 0 aromatic heterocycles. The standard InChI is InChI=1S/C15H21BrClN/c1-10-6-11(2)12(3)18(8-10)9-13-4-5-14(16)7-15(13)17/h4-5,7,10-12H,6,8-9H2,1-3H3. The molecule has 2 rings (SSSR count). The van der Waals surface area contributed by atoms with E-state index in [-0.39, 0.29) is 0 Å². The average Bonchev–Trinajstić information content (AvgIpc) is 2.29. The molecule has 1 nitrogen and oxygen atoms in total. The molecule has 3 unspecified atom stereocenters. The van der Waals surface area contributed by atoms with Gasteiger partial charge in [-0.05, 0) is 42.9 Å². The van der Waals surface area contributed by atoms with Gasteiger partial charge < -0.3 is 0 Å². The Morgan fingerprint density at radius 1 is 1.33 bits per heavy atom. The minimum absolute atomic E-state index is 0.640. The van der Waals surface area contributed by atoms with Crippen molar-refractivity contribution >= 4 is 27.5 Å². The lowest BCUT2D eigenvalue weighted by Gasteiger charge is -2.41. The number of likely N-dealkylation sites (tertiary alicyclic amines) is 1. The maximum absolute atomic E-state index is 6.31. The van der Waals surface area contributed by atoms with Crippen molar-refractivity contribution in [2.24, 2.45) is 11.8 Å². The molecule has 0 amide bonds. The lowest BCUT2D eigenvalue weighted by Crippen LogP contribution is -2.45. The third-order valence-electron chi connectivity index (χ3n) is 4.11. The summed E-state index contributed by atoms with van der Waals surface area (Å²) in [5, 5.41) is 0.863. The van der Waals surface area contributed by atoms with Crippen LogP contribution in [-0.2, 0) is 6.54 Å². The lowest BCUT2D eigenvalue weighted by molar-refractivity contribution is 0.0730. The second-order valence-electron chi connectivity index (χ2n) is 5.72. The van der Waals surface area contributed by atoms with Gasteiger partial charge in [-0.2, -0.15) is 0 Å². The van der Waals surface area contributed by atoms with E-state index in [1.54, 1.807) is 0 Å². The van der Waals surface area contributed by atoms with E-state index in [4.69, 9.17) is 11.6 Å². The van der Waals surface area contributed by atoms with Gasteiger partial charge in [0.05, 0.1) is 0 Å². The number of piperidine rings is 1. The van der Waals surface area contributed by atoms with Crippen molar-refractivity contribution in [2.45, 2.75) is 39.8 Å². The predicted molar refractivity (Wildman–Crippen MR) is 82.0 cm³/mol. The molecule has 0 N–H and O–H groups in total. The van der Waals surface area contributed by atoms with Crippen LogP contribution in [0.1, 0.15) is 32.8 Å².